The topological polar surface area (TPSA) is 59.6 Å². The molecule has 1 N–H and O–H groups in total. The van der Waals surface area contributed by atoms with Crippen molar-refractivity contribution < 1.29 is 13.3 Å². The lowest BCUT2D eigenvalue weighted by Crippen LogP contribution is -3.12. The number of aryl methyl sites for hydroxylation is 1. The molecule has 0 radical (unpaired) electrons. The van der Waals surface area contributed by atoms with Crippen molar-refractivity contribution in [2.24, 2.45) is 5.92 Å². The predicted molar refractivity (Wildman–Crippen MR) is 93.4 cm³/mol. The van der Waals surface area contributed by atoms with Crippen LogP contribution in [0.4, 0.5) is 0 Å². The average molecular weight is 356 g/mol. The van der Waals surface area contributed by atoms with Crippen LogP contribution in [-0.4, -0.2) is 48.7 Å². The van der Waals surface area contributed by atoms with Gasteiger partial charge in [0.15, 0.2) is 6.67 Å². The van der Waals surface area contributed by atoms with Crippen LogP contribution in [-0.2, 0) is 16.7 Å². The maximum Gasteiger partial charge on any atom is 0.246 e. The number of hydrogen-bond donors (Lipinski definition) is 1. The van der Waals surface area contributed by atoms with Crippen LogP contribution in [0.15, 0.2) is 4.90 Å². The first-order chi connectivity index (χ1) is 11.4. The van der Waals surface area contributed by atoms with Crippen molar-refractivity contribution in [3.63, 3.8) is 0 Å². The van der Waals surface area contributed by atoms with Gasteiger partial charge in [-0.05, 0) is 51.9 Å². The number of nitrogens with one attached hydrogen (secondary N) is 1. The fourth-order valence-electron chi connectivity index (χ4n) is 3.98. The monoisotopic (exact) mass is 355 g/mol. The Balaban J connectivity index is 1.82. The molecule has 0 amide bonds. The summed E-state index contributed by atoms with van der Waals surface area (Å²) in [6.45, 7) is 10.3. The van der Waals surface area contributed by atoms with Crippen LogP contribution in [0.2, 0.25) is 0 Å². The lowest BCUT2D eigenvalue weighted by molar-refractivity contribution is -0.928. The highest BCUT2D eigenvalue weighted by Crippen LogP contribution is 2.27. The summed E-state index contributed by atoms with van der Waals surface area (Å²) in [7, 11) is -3.43. The van der Waals surface area contributed by atoms with Crippen molar-refractivity contribution in [2.75, 3.05) is 26.2 Å². The average Bonchev–Trinajstić information content (AvgIpc) is 2.83. The van der Waals surface area contributed by atoms with Gasteiger partial charge in [-0.1, -0.05) is 6.92 Å². The predicted octanol–water partition coefficient (Wildman–Crippen LogP) is 0.947. The van der Waals surface area contributed by atoms with Gasteiger partial charge in [0.25, 0.3) is 0 Å². The Kier molecular flexibility index (Phi) is 5.32. The summed E-state index contributed by atoms with van der Waals surface area (Å²) in [5, 5.41) is 4.57. The van der Waals surface area contributed by atoms with Crippen LogP contribution in [0, 0.1) is 19.8 Å². The number of rotatable bonds is 4. The Labute approximate surface area is 145 Å². The minimum absolute atomic E-state index is 0.438. The largest absolute Gasteiger partial charge is 0.316 e. The van der Waals surface area contributed by atoms with Crippen LogP contribution in [0.1, 0.15) is 50.4 Å². The van der Waals surface area contributed by atoms with E-state index in [2.05, 4.69) is 12.0 Å². The van der Waals surface area contributed by atoms with Crippen LogP contribution >= 0.6 is 0 Å². The number of nitrogens with zero attached hydrogens (tertiary/aromatic N) is 3. The van der Waals surface area contributed by atoms with Gasteiger partial charge in [-0.25, -0.2) is 13.1 Å². The van der Waals surface area contributed by atoms with E-state index >= 15 is 0 Å². The van der Waals surface area contributed by atoms with E-state index in [1.165, 1.54) is 24.2 Å². The number of quaternary nitrogens is 1. The van der Waals surface area contributed by atoms with E-state index in [-0.39, 0.29) is 0 Å². The molecule has 0 spiro atoms. The first kappa shape index (κ1) is 17.9. The number of hydrogen-bond acceptors (Lipinski definition) is 3. The summed E-state index contributed by atoms with van der Waals surface area (Å²) in [6.07, 6.45) is 5.72. The highest BCUT2D eigenvalue weighted by atomic mass is 32.2. The van der Waals surface area contributed by atoms with E-state index in [0.717, 1.165) is 38.3 Å². The molecular formula is C17H31N4O2S+. The molecule has 3 rings (SSSR count). The Bertz CT molecular complexity index is 669. The molecule has 7 heteroatoms. The first-order valence-corrected chi connectivity index (χ1v) is 10.7. The van der Waals surface area contributed by atoms with Crippen molar-refractivity contribution in [3.05, 3.63) is 11.4 Å². The first-order valence-electron chi connectivity index (χ1n) is 9.27. The molecule has 0 aliphatic carbocycles. The summed E-state index contributed by atoms with van der Waals surface area (Å²) in [5.41, 5.74) is 1.44. The van der Waals surface area contributed by atoms with Gasteiger partial charge < -0.3 is 4.90 Å². The van der Waals surface area contributed by atoms with Gasteiger partial charge in [-0.15, -0.1) is 0 Å². The fraction of sp³-hybridized carbons (Fsp3) is 0.824. The molecule has 3 heterocycles. The third kappa shape index (κ3) is 3.53. The van der Waals surface area contributed by atoms with Gasteiger partial charge in [0.05, 0.1) is 24.5 Å². The van der Waals surface area contributed by atoms with Crippen molar-refractivity contribution in [2.45, 2.75) is 64.4 Å². The molecular weight excluding hydrogens is 324 g/mol. The maximum atomic E-state index is 13.1. The van der Waals surface area contributed by atoms with E-state index in [4.69, 9.17) is 0 Å². The van der Waals surface area contributed by atoms with E-state index in [0.29, 0.717) is 29.6 Å². The molecule has 2 aliphatic rings. The Morgan fingerprint density at radius 2 is 1.75 bits per heavy atom. The minimum atomic E-state index is -3.43. The standard InChI is InChI=1S/C17H30N4O2S/c1-14-7-11-20(12-8-14)24(22,23)17-15(2)18-21(16(17)3)13-19-9-5-4-6-10-19/h14H,4-13H2,1-3H3/p+1. The van der Waals surface area contributed by atoms with Crippen molar-refractivity contribution >= 4 is 10.0 Å². The molecule has 2 aliphatic heterocycles. The molecule has 136 valence electrons. The van der Waals surface area contributed by atoms with Gasteiger partial charge in [0.2, 0.25) is 10.0 Å². The SMILES string of the molecule is Cc1nn(C[NH+]2CCCCC2)c(C)c1S(=O)(=O)N1CCC(C)CC1. The van der Waals surface area contributed by atoms with E-state index < -0.39 is 10.0 Å². The van der Waals surface area contributed by atoms with Crippen molar-refractivity contribution in [1.29, 1.82) is 0 Å². The zero-order valence-corrected chi connectivity index (χ0v) is 16.0. The Hall–Kier alpha value is -0.920. The second-order valence-corrected chi connectivity index (χ2v) is 9.43. The number of sulfonamides is 1. The molecule has 1 aromatic heterocycles. The van der Waals surface area contributed by atoms with Gasteiger partial charge in [-0.2, -0.15) is 9.40 Å². The van der Waals surface area contributed by atoms with Crippen molar-refractivity contribution in [1.82, 2.24) is 14.1 Å². The molecule has 2 fully saturated rings. The molecule has 0 aromatic carbocycles. The smallest absolute Gasteiger partial charge is 0.246 e. The number of likely N-dealkylation sites (tertiary alicyclic amines) is 1. The molecule has 0 saturated carbocycles. The summed E-state index contributed by atoms with van der Waals surface area (Å²) in [4.78, 5) is 1.94. The molecule has 1 aromatic rings. The second-order valence-electron chi connectivity index (χ2n) is 7.55. The lowest BCUT2D eigenvalue weighted by atomic mass is 10.0. The van der Waals surface area contributed by atoms with Crippen LogP contribution < -0.4 is 4.90 Å². The number of piperidine rings is 2. The highest BCUT2D eigenvalue weighted by Gasteiger charge is 2.33. The Morgan fingerprint density at radius 1 is 1.12 bits per heavy atom. The molecule has 0 unspecified atom stereocenters. The summed E-state index contributed by atoms with van der Waals surface area (Å²) in [6, 6.07) is 0. The summed E-state index contributed by atoms with van der Waals surface area (Å²) >= 11 is 0. The number of aromatic nitrogens is 2. The molecule has 6 nitrogen and oxygen atoms in total. The molecule has 24 heavy (non-hydrogen) atoms. The molecule has 0 bridgehead atoms. The van der Waals surface area contributed by atoms with Crippen LogP contribution in [0.5, 0.6) is 0 Å². The minimum Gasteiger partial charge on any atom is -0.316 e. The molecule has 0 atom stereocenters. The summed E-state index contributed by atoms with van der Waals surface area (Å²) in [5.74, 6) is 0.615. The second kappa shape index (κ2) is 7.14. The van der Waals surface area contributed by atoms with Gasteiger partial charge in [-0.3, -0.25) is 0 Å². The molecule has 2 saturated heterocycles. The lowest BCUT2D eigenvalue weighted by Gasteiger charge is -2.29. The van der Waals surface area contributed by atoms with Gasteiger partial charge in [0.1, 0.15) is 4.90 Å². The highest BCUT2D eigenvalue weighted by molar-refractivity contribution is 7.89. The third-order valence-electron chi connectivity index (χ3n) is 5.59. The fourth-order valence-corrected chi connectivity index (χ4v) is 5.83. The zero-order chi connectivity index (χ0) is 17.3. The maximum absolute atomic E-state index is 13.1. The van der Waals surface area contributed by atoms with Gasteiger partial charge in [0, 0.05) is 13.1 Å². The third-order valence-corrected chi connectivity index (χ3v) is 7.74. The zero-order valence-electron chi connectivity index (χ0n) is 15.2. The van der Waals surface area contributed by atoms with Crippen LogP contribution in [0.25, 0.3) is 0 Å². The van der Waals surface area contributed by atoms with Crippen LogP contribution in [0.3, 0.4) is 0 Å². The van der Waals surface area contributed by atoms with Crippen molar-refractivity contribution in [3.8, 4) is 0 Å². The summed E-state index contributed by atoms with van der Waals surface area (Å²) < 4.78 is 29.8. The van der Waals surface area contributed by atoms with E-state index in [1.807, 2.05) is 18.5 Å². The van der Waals surface area contributed by atoms with E-state index in [9.17, 15) is 8.42 Å². The normalized spacial score (nSPS) is 22.1. The van der Waals surface area contributed by atoms with E-state index in [1.54, 1.807) is 4.31 Å². The Morgan fingerprint density at radius 3 is 2.38 bits per heavy atom. The quantitative estimate of drug-likeness (QED) is 0.875. The van der Waals surface area contributed by atoms with Gasteiger partial charge >= 0.3 is 0 Å².